The van der Waals surface area contributed by atoms with Crippen LogP contribution < -0.4 is 10.2 Å². The van der Waals surface area contributed by atoms with Gasteiger partial charge in [-0.2, -0.15) is 4.98 Å². The number of furan rings is 1. The molecule has 2 aromatic heterocycles. The predicted octanol–water partition coefficient (Wildman–Crippen LogP) is 4.67. The monoisotopic (exact) mass is 389 g/mol. The number of rotatable bonds is 4. The Balaban J connectivity index is 1.20. The Labute approximate surface area is 168 Å². The van der Waals surface area contributed by atoms with Crippen molar-refractivity contribution in [2.75, 3.05) is 18.0 Å². The molecular formula is C23H23N3O3. The van der Waals surface area contributed by atoms with Crippen LogP contribution in [-0.2, 0) is 4.79 Å². The van der Waals surface area contributed by atoms with E-state index in [1.807, 2.05) is 61.5 Å². The molecule has 0 bridgehead atoms. The maximum Gasteiger partial charge on any atom is 0.298 e. The molecule has 1 N–H and O–H groups in total. The molecule has 1 aliphatic heterocycles. The molecule has 1 atom stereocenters. The van der Waals surface area contributed by atoms with Crippen molar-refractivity contribution in [2.45, 2.75) is 25.8 Å². The lowest BCUT2D eigenvalue weighted by molar-refractivity contribution is -0.126. The summed E-state index contributed by atoms with van der Waals surface area (Å²) in [5.41, 5.74) is 2.50. The summed E-state index contributed by atoms with van der Waals surface area (Å²) in [4.78, 5) is 19.4. The minimum absolute atomic E-state index is 0.0116. The summed E-state index contributed by atoms with van der Waals surface area (Å²) < 4.78 is 11.7. The number of carbonyl (C=O) groups is 1. The molecule has 6 heteroatoms. The van der Waals surface area contributed by atoms with E-state index in [1.54, 1.807) is 0 Å². The van der Waals surface area contributed by atoms with Crippen LogP contribution in [0.25, 0.3) is 22.1 Å². The lowest BCUT2D eigenvalue weighted by atomic mass is 9.96. The number of oxazole rings is 1. The number of nitrogens with one attached hydrogen (secondary N) is 1. The number of anilines is 1. The zero-order valence-electron chi connectivity index (χ0n) is 16.3. The predicted molar refractivity (Wildman–Crippen MR) is 112 cm³/mol. The number of piperidine rings is 1. The first-order chi connectivity index (χ1) is 14.2. The quantitative estimate of drug-likeness (QED) is 0.549. The van der Waals surface area contributed by atoms with Gasteiger partial charge in [-0.3, -0.25) is 4.79 Å². The van der Waals surface area contributed by atoms with E-state index in [9.17, 15) is 4.79 Å². The number of hydrogen-bond acceptors (Lipinski definition) is 5. The van der Waals surface area contributed by atoms with E-state index in [0.29, 0.717) is 6.01 Å². The van der Waals surface area contributed by atoms with Gasteiger partial charge in [0.2, 0.25) is 5.91 Å². The summed E-state index contributed by atoms with van der Waals surface area (Å²) in [5.74, 6) is 0.848. The van der Waals surface area contributed by atoms with Crippen molar-refractivity contribution in [3.63, 3.8) is 0 Å². The lowest BCUT2D eigenvalue weighted by Gasteiger charge is -2.30. The third-order valence-electron chi connectivity index (χ3n) is 5.65. The van der Waals surface area contributed by atoms with E-state index in [1.165, 1.54) is 0 Å². The lowest BCUT2D eigenvalue weighted by Crippen LogP contribution is -2.41. The highest BCUT2D eigenvalue weighted by atomic mass is 16.4. The van der Waals surface area contributed by atoms with Gasteiger partial charge in [0.05, 0.1) is 6.04 Å². The van der Waals surface area contributed by atoms with Crippen LogP contribution in [0.1, 0.15) is 31.6 Å². The van der Waals surface area contributed by atoms with E-state index in [4.69, 9.17) is 8.83 Å². The van der Waals surface area contributed by atoms with E-state index < -0.39 is 0 Å². The Hall–Kier alpha value is -3.28. The van der Waals surface area contributed by atoms with Gasteiger partial charge >= 0.3 is 0 Å². The second kappa shape index (κ2) is 7.28. The normalized spacial score (nSPS) is 16.4. The number of fused-ring (bicyclic) bond motifs is 2. The van der Waals surface area contributed by atoms with Crippen LogP contribution in [0.2, 0.25) is 0 Å². The van der Waals surface area contributed by atoms with Crippen molar-refractivity contribution in [3.8, 4) is 0 Å². The van der Waals surface area contributed by atoms with Crippen LogP contribution >= 0.6 is 0 Å². The van der Waals surface area contributed by atoms with Crippen LogP contribution in [0, 0.1) is 5.92 Å². The van der Waals surface area contributed by atoms with Gasteiger partial charge in [-0.25, -0.2) is 0 Å². The summed E-state index contributed by atoms with van der Waals surface area (Å²) >= 11 is 0. The summed E-state index contributed by atoms with van der Waals surface area (Å²) in [7, 11) is 0. The molecule has 29 heavy (non-hydrogen) atoms. The Bertz CT molecular complexity index is 1090. The van der Waals surface area contributed by atoms with Crippen LogP contribution in [-0.4, -0.2) is 24.0 Å². The van der Waals surface area contributed by atoms with E-state index in [0.717, 1.165) is 53.8 Å². The van der Waals surface area contributed by atoms with Gasteiger partial charge in [-0.1, -0.05) is 30.3 Å². The molecule has 1 unspecified atom stereocenters. The molecule has 1 saturated heterocycles. The third-order valence-corrected chi connectivity index (χ3v) is 5.65. The van der Waals surface area contributed by atoms with Crippen LogP contribution in [0.5, 0.6) is 0 Å². The minimum Gasteiger partial charge on any atom is -0.459 e. The van der Waals surface area contributed by atoms with Gasteiger partial charge in [-0.15, -0.1) is 0 Å². The molecule has 1 aliphatic rings. The first-order valence-corrected chi connectivity index (χ1v) is 10.1. The fourth-order valence-electron chi connectivity index (χ4n) is 3.95. The highest BCUT2D eigenvalue weighted by molar-refractivity contribution is 5.81. The van der Waals surface area contributed by atoms with Crippen LogP contribution in [0.4, 0.5) is 6.01 Å². The number of benzene rings is 2. The summed E-state index contributed by atoms with van der Waals surface area (Å²) in [6.07, 6.45) is 1.55. The zero-order chi connectivity index (χ0) is 19.8. The van der Waals surface area contributed by atoms with Crippen LogP contribution in [0.3, 0.4) is 0 Å². The number of aromatic nitrogens is 1. The molecule has 0 saturated carbocycles. The largest absolute Gasteiger partial charge is 0.459 e. The molecule has 0 spiro atoms. The molecule has 1 fully saturated rings. The Morgan fingerprint density at radius 1 is 1.07 bits per heavy atom. The number of amides is 1. The fraction of sp³-hybridized carbons (Fsp3) is 0.304. The molecule has 0 aliphatic carbocycles. The number of hydrogen-bond donors (Lipinski definition) is 1. The molecule has 3 heterocycles. The number of carbonyl (C=O) groups excluding carboxylic acids is 1. The van der Waals surface area contributed by atoms with E-state index in [-0.39, 0.29) is 17.9 Å². The average molecular weight is 389 g/mol. The second-order valence-electron chi connectivity index (χ2n) is 7.64. The highest BCUT2D eigenvalue weighted by Gasteiger charge is 2.28. The van der Waals surface area contributed by atoms with Crippen molar-refractivity contribution >= 4 is 34.0 Å². The SMILES string of the molecule is CC(NC(=O)C1CCN(c2nc3ccccc3o2)CC1)c1cc2ccccc2o1. The van der Waals surface area contributed by atoms with E-state index in [2.05, 4.69) is 15.2 Å². The second-order valence-corrected chi connectivity index (χ2v) is 7.64. The van der Waals surface area contributed by atoms with Crippen LogP contribution in [0.15, 0.2) is 63.4 Å². The maximum atomic E-state index is 12.8. The maximum absolute atomic E-state index is 12.8. The molecule has 2 aromatic carbocycles. The first kappa shape index (κ1) is 17.8. The molecule has 6 nitrogen and oxygen atoms in total. The Kier molecular flexibility index (Phi) is 4.46. The topological polar surface area (TPSA) is 71.5 Å². The van der Waals surface area contributed by atoms with Crippen molar-refractivity contribution in [2.24, 2.45) is 5.92 Å². The molecule has 1 amide bonds. The number of nitrogens with zero attached hydrogens (tertiary/aromatic N) is 2. The van der Waals surface area contributed by atoms with Gasteiger partial charge in [0.1, 0.15) is 16.9 Å². The van der Waals surface area contributed by atoms with Gasteiger partial charge in [-0.05, 0) is 44.0 Å². The van der Waals surface area contributed by atoms with Crippen molar-refractivity contribution < 1.29 is 13.6 Å². The smallest absolute Gasteiger partial charge is 0.298 e. The highest BCUT2D eigenvalue weighted by Crippen LogP contribution is 2.28. The molecule has 0 radical (unpaired) electrons. The standard InChI is InChI=1S/C23H23N3O3/c1-15(21-14-17-6-2-4-8-19(17)28-21)24-22(27)16-10-12-26(13-11-16)23-25-18-7-3-5-9-20(18)29-23/h2-9,14-16H,10-13H2,1H3,(H,24,27). The molecule has 4 aromatic rings. The van der Waals surface area contributed by atoms with Gasteiger partial charge in [0.25, 0.3) is 6.01 Å². The average Bonchev–Trinajstić information content (AvgIpc) is 3.38. The number of para-hydroxylation sites is 3. The molecular weight excluding hydrogens is 366 g/mol. The van der Waals surface area contributed by atoms with Gasteiger partial charge in [0, 0.05) is 24.4 Å². The van der Waals surface area contributed by atoms with Crippen molar-refractivity contribution in [3.05, 3.63) is 60.4 Å². The Morgan fingerprint density at radius 3 is 2.55 bits per heavy atom. The summed E-state index contributed by atoms with van der Waals surface area (Å²) in [6.45, 7) is 3.47. The van der Waals surface area contributed by atoms with Crippen molar-refractivity contribution in [1.29, 1.82) is 0 Å². The minimum atomic E-state index is -0.162. The fourth-order valence-corrected chi connectivity index (χ4v) is 3.95. The summed E-state index contributed by atoms with van der Waals surface area (Å²) in [6, 6.07) is 18.1. The van der Waals surface area contributed by atoms with Gasteiger partial charge < -0.3 is 19.1 Å². The molecule has 148 valence electrons. The summed E-state index contributed by atoms with van der Waals surface area (Å²) in [5, 5.41) is 4.16. The Morgan fingerprint density at radius 2 is 1.79 bits per heavy atom. The molecule has 5 rings (SSSR count). The first-order valence-electron chi connectivity index (χ1n) is 10.1. The van der Waals surface area contributed by atoms with Crippen molar-refractivity contribution in [1.82, 2.24) is 10.3 Å². The van der Waals surface area contributed by atoms with E-state index >= 15 is 0 Å². The van der Waals surface area contributed by atoms with Gasteiger partial charge in [0.15, 0.2) is 5.58 Å². The zero-order valence-corrected chi connectivity index (χ0v) is 16.3. The third kappa shape index (κ3) is 3.46.